The van der Waals surface area contributed by atoms with Gasteiger partial charge in [-0.25, -0.2) is 9.37 Å². The van der Waals surface area contributed by atoms with Crippen molar-refractivity contribution in [1.29, 1.82) is 0 Å². The van der Waals surface area contributed by atoms with Gasteiger partial charge in [-0.1, -0.05) is 31.2 Å². The van der Waals surface area contributed by atoms with Crippen LogP contribution in [0.5, 0.6) is 0 Å². The van der Waals surface area contributed by atoms with Crippen molar-refractivity contribution < 1.29 is 19.3 Å². The minimum absolute atomic E-state index is 0.0225. The maximum atomic E-state index is 12.5. The highest BCUT2D eigenvalue weighted by Crippen LogP contribution is 2.18. The summed E-state index contributed by atoms with van der Waals surface area (Å²) in [4.78, 5) is 31.6. The van der Waals surface area contributed by atoms with Crippen LogP contribution in [0.3, 0.4) is 0 Å². The van der Waals surface area contributed by atoms with Crippen LogP contribution in [0.2, 0.25) is 0 Å². The normalized spacial score (nSPS) is 21.0. The lowest BCUT2D eigenvalue weighted by molar-refractivity contribution is -0.537. The fourth-order valence-corrected chi connectivity index (χ4v) is 2.85. The summed E-state index contributed by atoms with van der Waals surface area (Å²) in [6.07, 6.45) is 4.33. The number of aliphatic hydroxyl groups excluding tert-OH is 1. The number of aliphatic hydroxyl groups is 1. The molecule has 2 N–H and O–H groups in total. The maximum absolute atomic E-state index is 12.5. The van der Waals surface area contributed by atoms with Crippen LogP contribution in [0, 0.1) is 0 Å². The van der Waals surface area contributed by atoms with Gasteiger partial charge in [0.2, 0.25) is 11.9 Å². The van der Waals surface area contributed by atoms with Crippen LogP contribution in [0.15, 0.2) is 4.99 Å². The van der Waals surface area contributed by atoms with E-state index in [1.807, 2.05) is 4.58 Å². The van der Waals surface area contributed by atoms with E-state index in [0.29, 0.717) is 24.9 Å². The smallest absolute Gasteiger partial charge is 0.390 e. The predicted octanol–water partition coefficient (Wildman–Crippen LogP) is -0.178. The Balaban J connectivity index is 2.23. The number of guanidine groups is 1. The third-order valence-electron chi connectivity index (χ3n) is 4.18. The molecule has 0 aromatic carbocycles. The van der Waals surface area contributed by atoms with Gasteiger partial charge in [0, 0.05) is 14.1 Å². The summed E-state index contributed by atoms with van der Waals surface area (Å²) in [5.41, 5.74) is 0. The van der Waals surface area contributed by atoms with E-state index in [9.17, 15) is 9.59 Å². The fourth-order valence-electron chi connectivity index (χ4n) is 2.85. The molecule has 2 rings (SSSR count). The van der Waals surface area contributed by atoms with E-state index < -0.39 is 6.04 Å². The second-order valence-electron chi connectivity index (χ2n) is 5.84. The fraction of sp³-hybridized carbons (Fsp3) is 0.733. The van der Waals surface area contributed by atoms with Crippen molar-refractivity contribution in [3.8, 4) is 0 Å². The Hall–Kier alpha value is -1.96. The Morgan fingerprint density at radius 2 is 1.96 bits per heavy atom. The van der Waals surface area contributed by atoms with Gasteiger partial charge in [0.15, 0.2) is 0 Å². The lowest BCUT2D eigenvalue weighted by Gasteiger charge is -2.31. The number of carbonyl (C=O) groups is 2. The Bertz CT molecular complexity index is 543. The highest BCUT2D eigenvalue weighted by atomic mass is 16.3. The Labute approximate surface area is 136 Å². The molecule has 0 aromatic rings. The molecule has 0 radical (unpaired) electrons. The number of carbonyl (C=O) groups excluding carboxylic acids is 2. The van der Waals surface area contributed by atoms with Crippen molar-refractivity contribution in [3.63, 3.8) is 0 Å². The van der Waals surface area contributed by atoms with Crippen LogP contribution >= 0.6 is 0 Å². The lowest BCUT2D eigenvalue weighted by Crippen LogP contribution is -2.61. The molecule has 1 fully saturated rings. The first-order valence-corrected chi connectivity index (χ1v) is 8.15. The first-order valence-electron chi connectivity index (χ1n) is 8.15. The number of rotatable bonds is 7. The SMILES string of the molecule is CCCCCC[N+]1=C(NCCO)N=C2C1C(=O)N(C)C(=O)N2C. The molecule has 8 heteroatoms. The Morgan fingerprint density at radius 1 is 1.22 bits per heavy atom. The lowest BCUT2D eigenvalue weighted by atomic mass is 10.1. The molecule has 3 amide bonds. The molecule has 128 valence electrons. The van der Waals surface area contributed by atoms with Crippen LogP contribution in [-0.2, 0) is 4.79 Å². The summed E-state index contributed by atoms with van der Waals surface area (Å²) in [6, 6.07) is -0.940. The van der Waals surface area contributed by atoms with Gasteiger partial charge in [-0.05, 0) is 6.42 Å². The molecule has 0 aliphatic carbocycles. The number of nitrogens with one attached hydrogen (secondary N) is 1. The number of nitrogens with zero attached hydrogens (tertiary/aromatic N) is 4. The van der Waals surface area contributed by atoms with Gasteiger partial charge in [0.25, 0.3) is 5.91 Å². The van der Waals surface area contributed by atoms with Crippen molar-refractivity contribution in [2.75, 3.05) is 33.8 Å². The molecule has 23 heavy (non-hydrogen) atoms. The summed E-state index contributed by atoms with van der Waals surface area (Å²) in [7, 11) is 3.12. The summed E-state index contributed by atoms with van der Waals surface area (Å²) >= 11 is 0. The number of imide groups is 1. The van der Waals surface area contributed by atoms with Crippen molar-refractivity contribution in [2.45, 2.75) is 38.6 Å². The average molecular weight is 324 g/mol. The maximum Gasteiger partial charge on any atom is 0.390 e. The molecule has 0 spiro atoms. The third kappa shape index (κ3) is 3.36. The van der Waals surface area contributed by atoms with Gasteiger partial charge in [0.05, 0.1) is 19.7 Å². The summed E-state index contributed by atoms with van der Waals surface area (Å²) in [6.45, 7) is 3.17. The minimum atomic E-state index is -0.564. The first kappa shape index (κ1) is 17.4. The highest BCUT2D eigenvalue weighted by molar-refractivity contribution is 6.22. The molecule has 0 saturated carbocycles. The van der Waals surface area contributed by atoms with E-state index in [2.05, 4.69) is 17.2 Å². The largest absolute Gasteiger partial charge is 0.393 e. The van der Waals surface area contributed by atoms with Crippen molar-refractivity contribution >= 4 is 23.7 Å². The van der Waals surface area contributed by atoms with Gasteiger partial charge in [-0.2, -0.15) is 0 Å². The number of unbranched alkanes of at least 4 members (excludes halogenated alkanes) is 3. The molecular formula is C15H26N5O3+. The zero-order valence-corrected chi connectivity index (χ0v) is 14.1. The Kier molecular flexibility index (Phi) is 5.70. The summed E-state index contributed by atoms with van der Waals surface area (Å²) < 4.78 is 1.91. The summed E-state index contributed by atoms with van der Waals surface area (Å²) in [5, 5.41) is 12.1. The van der Waals surface area contributed by atoms with E-state index in [1.54, 1.807) is 7.05 Å². The van der Waals surface area contributed by atoms with E-state index >= 15 is 0 Å². The number of urea groups is 1. The molecule has 2 heterocycles. The molecule has 2 aliphatic heterocycles. The number of fused-ring (bicyclic) bond motifs is 1. The zero-order chi connectivity index (χ0) is 17.0. The second-order valence-corrected chi connectivity index (χ2v) is 5.84. The zero-order valence-electron chi connectivity index (χ0n) is 14.1. The number of amidine groups is 1. The number of hydrogen-bond acceptors (Lipinski definition) is 5. The van der Waals surface area contributed by atoms with Crippen LogP contribution in [0.25, 0.3) is 0 Å². The molecular weight excluding hydrogens is 298 g/mol. The van der Waals surface area contributed by atoms with Crippen molar-refractivity contribution in [1.82, 2.24) is 15.1 Å². The van der Waals surface area contributed by atoms with Crippen LogP contribution in [0.4, 0.5) is 4.79 Å². The molecule has 2 aliphatic rings. The van der Waals surface area contributed by atoms with E-state index in [-0.39, 0.29) is 18.5 Å². The standard InChI is InChI=1S/C15H25N5O3/c1-4-5-6-7-9-20-11-12(17-14(20)16-8-10-21)18(2)15(23)19(3)13(11)22/h11,21H,4-10H2,1-3H3/p+1. The topological polar surface area (TPSA) is 88.2 Å². The van der Waals surface area contributed by atoms with Gasteiger partial charge >= 0.3 is 12.0 Å². The first-order chi connectivity index (χ1) is 11.0. The van der Waals surface area contributed by atoms with Crippen molar-refractivity contribution in [2.24, 2.45) is 4.99 Å². The number of amides is 3. The van der Waals surface area contributed by atoms with Gasteiger partial charge in [0.1, 0.15) is 0 Å². The van der Waals surface area contributed by atoms with Crippen LogP contribution in [-0.4, -0.2) is 83.0 Å². The molecule has 0 bridgehead atoms. The Morgan fingerprint density at radius 3 is 2.61 bits per heavy atom. The molecule has 1 saturated heterocycles. The third-order valence-corrected chi connectivity index (χ3v) is 4.18. The molecule has 1 atom stereocenters. The highest BCUT2D eigenvalue weighted by Gasteiger charge is 2.51. The van der Waals surface area contributed by atoms with Gasteiger partial charge < -0.3 is 5.11 Å². The monoisotopic (exact) mass is 324 g/mol. The molecule has 1 unspecified atom stereocenters. The number of aliphatic imine (C=N–C) groups is 1. The van der Waals surface area contributed by atoms with E-state index in [1.165, 1.54) is 11.9 Å². The van der Waals surface area contributed by atoms with Gasteiger partial charge in [-0.3, -0.25) is 19.9 Å². The molecule has 8 nitrogen and oxygen atoms in total. The van der Waals surface area contributed by atoms with Crippen LogP contribution < -0.4 is 5.32 Å². The van der Waals surface area contributed by atoms with Crippen molar-refractivity contribution in [3.05, 3.63) is 0 Å². The molecule has 0 aromatic heterocycles. The number of hydrogen-bond donors (Lipinski definition) is 2. The predicted molar refractivity (Wildman–Crippen MR) is 86.5 cm³/mol. The quantitative estimate of drug-likeness (QED) is 0.502. The minimum Gasteiger partial charge on any atom is -0.393 e. The van der Waals surface area contributed by atoms with E-state index in [4.69, 9.17) is 5.11 Å². The summed E-state index contributed by atoms with van der Waals surface area (Å²) in [5.74, 6) is 0.746. The average Bonchev–Trinajstić information content (AvgIpc) is 2.91. The van der Waals surface area contributed by atoms with Gasteiger partial charge in [-0.15, -0.1) is 0 Å². The van der Waals surface area contributed by atoms with Crippen LogP contribution in [0.1, 0.15) is 32.6 Å². The second kappa shape index (κ2) is 7.54. The van der Waals surface area contributed by atoms with E-state index in [0.717, 1.165) is 30.6 Å². The number of likely N-dealkylation sites (N-methyl/N-ethyl adjacent to an activating group) is 2.